The molecule has 2 N–H and O–H groups in total. The number of ether oxygens (including phenoxy) is 1. The van der Waals surface area contributed by atoms with Crippen molar-refractivity contribution in [3.05, 3.63) is 34.1 Å². The van der Waals surface area contributed by atoms with Gasteiger partial charge in [0.1, 0.15) is 11.6 Å². The molecule has 0 unspecified atom stereocenters. The lowest BCUT2D eigenvalue weighted by atomic mass is 10.2. The topological polar surface area (TPSA) is 123 Å². The molecule has 0 aliphatic rings. The van der Waals surface area contributed by atoms with Crippen LogP contribution in [0.4, 0.5) is 11.4 Å². The molecule has 0 saturated carbocycles. The maximum Gasteiger partial charge on any atom is 0.271 e. The molecule has 1 aromatic heterocycles. The highest BCUT2D eigenvalue weighted by Gasteiger charge is 2.20. The standard InChI is InChI=1S/C15H19N5O4S/c1-4-5-13-17-15(19-18-13)25-9(2)14(21)16-11-8-10(20(22)23)6-7-12(11)24-3/h6-9H,4-5H2,1-3H3,(H,16,21)(H,17,18,19)/t9-/m1/s1. The normalized spacial score (nSPS) is 11.8. The quantitative estimate of drug-likeness (QED) is 0.419. The lowest BCUT2D eigenvalue weighted by Crippen LogP contribution is -2.23. The summed E-state index contributed by atoms with van der Waals surface area (Å²) in [4.78, 5) is 27.0. The zero-order chi connectivity index (χ0) is 18.4. The number of hydrogen-bond acceptors (Lipinski definition) is 7. The minimum atomic E-state index is -0.532. The molecule has 1 amide bonds. The fraction of sp³-hybridized carbons (Fsp3) is 0.400. The maximum absolute atomic E-state index is 12.4. The van der Waals surface area contributed by atoms with Crippen LogP contribution in [0.2, 0.25) is 0 Å². The number of thioether (sulfide) groups is 1. The van der Waals surface area contributed by atoms with Crippen molar-refractivity contribution >= 4 is 29.0 Å². The monoisotopic (exact) mass is 365 g/mol. The summed E-state index contributed by atoms with van der Waals surface area (Å²) in [5.74, 6) is 0.794. The molecule has 0 bridgehead atoms. The summed E-state index contributed by atoms with van der Waals surface area (Å²) < 4.78 is 5.14. The Kier molecular flexibility index (Phi) is 6.34. The van der Waals surface area contributed by atoms with Gasteiger partial charge in [-0.25, -0.2) is 4.98 Å². The molecular formula is C15H19N5O4S. The molecule has 134 valence electrons. The second kappa shape index (κ2) is 8.47. The lowest BCUT2D eigenvalue weighted by molar-refractivity contribution is -0.384. The van der Waals surface area contributed by atoms with E-state index in [1.807, 2.05) is 6.92 Å². The average Bonchev–Trinajstić information content (AvgIpc) is 3.02. The van der Waals surface area contributed by atoms with Crippen LogP contribution in [0.1, 0.15) is 26.1 Å². The van der Waals surface area contributed by atoms with E-state index in [1.54, 1.807) is 6.92 Å². The minimum absolute atomic E-state index is 0.130. The maximum atomic E-state index is 12.4. The van der Waals surface area contributed by atoms with Crippen LogP contribution in [-0.4, -0.2) is 38.4 Å². The third-order valence-corrected chi connectivity index (χ3v) is 4.26. The molecule has 0 aliphatic heterocycles. The number of nitrogens with one attached hydrogen (secondary N) is 2. The van der Waals surface area contributed by atoms with Gasteiger partial charge in [0.25, 0.3) is 5.69 Å². The Morgan fingerprint density at radius 2 is 2.28 bits per heavy atom. The van der Waals surface area contributed by atoms with Crippen molar-refractivity contribution in [1.29, 1.82) is 0 Å². The van der Waals surface area contributed by atoms with Crippen LogP contribution in [0.25, 0.3) is 0 Å². The van der Waals surface area contributed by atoms with E-state index in [1.165, 1.54) is 37.1 Å². The van der Waals surface area contributed by atoms with Gasteiger partial charge in [-0.3, -0.25) is 20.0 Å². The zero-order valence-corrected chi connectivity index (χ0v) is 14.9. The van der Waals surface area contributed by atoms with Gasteiger partial charge in [-0.15, -0.1) is 5.10 Å². The van der Waals surface area contributed by atoms with Gasteiger partial charge >= 0.3 is 0 Å². The highest BCUT2D eigenvalue weighted by atomic mass is 32.2. The second-order valence-electron chi connectivity index (χ2n) is 5.21. The number of aromatic nitrogens is 3. The Morgan fingerprint density at radius 3 is 2.92 bits per heavy atom. The van der Waals surface area contributed by atoms with E-state index < -0.39 is 10.2 Å². The van der Waals surface area contributed by atoms with Crippen molar-refractivity contribution in [2.75, 3.05) is 12.4 Å². The fourth-order valence-electron chi connectivity index (χ4n) is 2.03. The van der Waals surface area contributed by atoms with Crippen LogP contribution in [-0.2, 0) is 11.2 Å². The molecule has 0 saturated heterocycles. The minimum Gasteiger partial charge on any atom is -0.495 e. The number of aromatic amines is 1. The summed E-state index contributed by atoms with van der Waals surface area (Å²) in [7, 11) is 1.43. The van der Waals surface area contributed by atoms with Crippen LogP contribution in [0.5, 0.6) is 5.75 Å². The Labute approximate surface area is 148 Å². The first kappa shape index (κ1) is 18.7. The van der Waals surface area contributed by atoms with Gasteiger partial charge in [-0.05, 0) is 19.4 Å². The second-order valence-corrected chi connectivity index (χ2v) is 6.51. The predicted octanol–water partition coefficient (Wildman–Crippen LogP) is 2.79. The van der Waals surface area contributed by atoms with Crippen LogP contribution >= 0.6 is 11.8 Å². The number of carbonyl (C=O) groups is 1. The molecular weight excluding hydrogens is 346 g/mol. The Balaban J connectivity index is 2.07. The van der Waals surface area contributed by atoms with Gasteiger partial charge in [0.05, 0.1) is 23.0 Å². The summed E-state index contributed by atoms with van der Waals surface area (Å²) in [6.07, 6.45) is 1.74. The molecule has 9 nitrogen and oxygen atoms in total. The summed E-state index contributed by atoms with van der Waals surface area (Å²) in [6.45, 7) is 3.75. The van der Waals surface area contributed by atoms with Crippen molar-refractivity contribution in [1.82, 2.24) is 15.2 Å². The van der Waals surface area contributed by atoms with E-state index in [0.29, 0.717) is 10.9 Å². The van der Waals surface area contributed by atoms with Crippen molar-refractivity contribution in [2.24, 2.45) is 0 Å². The molecule has 0 fully saturated rings. The molecule has 1 aromatic carbocycles. The highest BCUT2D eigenvalue weighted by Crippen LogP contribution is 2.30. The van der Waals surface area contributed by atoms with Crippen molar-refractivity contribution in [2.45, 2.75) is 37.1 Å². The van der Waals surface area contributed by atoms with Gasteiger partial charge in [0, 0.05) is 18.6 Å². The van der Waals surface area contributed by atoms with E-state index in [-0.39, 0.29) is 17.3 Å². The number of anilines is 1. The van der Waals surface area contributed by atoms with E-state index in [4.69, 9.17) is 4.74 Å². The first-order valence-corrected chi connectivity index (χ1v) is 8.53. The number of nitrogens with zero attached hydrogens (tertiary/aromatic N) is 3. The van der Waals surface area contributed by atoms with Crippen LogP contribution in [0, 0.1) is 10.1 Å². The van der Waals surface area contributed by atoms with E-state index in [9.17, 15) is 14.9 Å². The number of methoxy groups -OCH3 is 1. The SMILES string of the molecule is CCCc1nc(S[C@H](C)C(=O)Nc2cc([N+](=O)[O-])ccc2OC)n[nH]1. The molecule has 1 atom stereocenters. The Bertz CT molecular complexity index is 764. The van der Waals surface area contributed by atoms with Crippen LogP contribution in [0.3, 0.4) is 0 Å². The molecule has 25 heavy (non-hydrogen) atoms. The van der Waals surface area contributed by atoms with E-state index >= 15 is 0 Å². The molecule has 0 spiro atoms. The van der Waals surface area contributed by atoms with E-state index in [2.05, 4.69) is 20.5 Å². The summed E-state index contributed by atoms with van der Waals surface area (Å²) in [5.41, 5.74) is 0.116. The van der Waals surface area contributed by atoms with Crippen LogP contribution < -0.4 is 10.1 Å². The van der Waals surface area contributed by atoms with Crippen molar-refractivity contribution in [3.8, 4) is 5.75 Å². The number of amides is 1. The molecule has 0 radical (unpaired) electrons. The zero-order valence-electron chi connectivity index (χ0n) is 14.1. The van der Waals surface area contributed by atoms with Crippen LogP contribution in [0.15, 0.2) is 23.4 Å². The number of aryl methyl sites for hydroxylation is 1. The first-order valence-electron chi connectivity index (χ1n) is 7.65. The van der Waals surface area contributed by atoms with Crippen molar-refractivity contribution in [3.63, 3.8) is 0 Å². The summed E-state index contributed by atoms with van der Waals surface area (Å²) in [6, 6.07) is 4.02. The Morgan fingerprint density at radius 1 is 1.52 bits per heavy atom. The van der Waals surface area contributed by atoms with E-state index in [0.717, 1.165) is 18.7 Å². The summed E-state index contributed by atoms with van der Waals surface area (Å²) in [5, 5.41) is 20.4. The van der Waals surface area contributed by atoms with Gasteiger partial charge in [0.15, 0.2) is 0 Å². The third-order valence-electron chi connectivity index (χ3n) is 3.30. The summed E-state index contributed by atoms with van der Waals surface area (Å²) >= 11 is 1.20. The smallest absolute Gasteiger partial charge is 0.271 e. The number of carbonyl (C=O) groups excluding carboxylic acids is 1. The highest BCUT2D eigenvalue weighted by molar-refractivity contribution is 8.00. The molecule has 0 aliphatic carbocycles. The molecule has 2 aromatic rings. The Hall–Kier alpha value is -2.62. The molecule has 10 heteroatoms. The fourth-order valence-corrected chi connectivity index (χ4v) is 2.78. The third kappa shape index (κ3) is 4.92. The number of nitro benzene ring substituents is 1. The number of non-ortho nitro benzene ring substituents is 1. The number of benzene rings is 1. The molecule has 2 rings (SSSR count). The van der Waals surface area contributed by atoms with Crippen molar-refractivity contribution < 1.29 is 14.5 Å². The largest absolute Gasteiger partial charge is 0.495 e. The molecule has 1 heterocycles. The van der Waals surface area contributed by atoms with Gasteiger partial charge in [-0.1, -0.05) is 18.7 Å². The lowest BCUT2D eigenvalue weighted by Gasteiger charge is -2.13. The number of nitro groups is 1. The average molecular weight is 365 g/mol. The van der Waals surface area contributed by atoms with Gasteiger partial charge < -0.3 is 10.1 Å². The first-order chi connectivity index (χ1) is 11.9. The van der Waals surface area contributed by atoms with Gasteiger partial charge in [-0.2, -0.15) is 0 Å². The predicted molar refractivity (Wildman–Crippen MR) is 94.0 cm³/mol. The number of rotatable bonds is 8. The number of H-pyrrole nitrogens is 1. The van der Waals surface area contributed by atoms with Gasteiger partial charge in [0.2, 0.25) is 11.1 Å². The number of hydrogen-bond donors (Lipinski definition) is 2.